The monoisotopic (exact) mass is 273 g/mol. The molecule has 108 valence electrons. The Labute approximate surface area is 120 Å². The molecule has 1 aromatic heterocycles. The first-order chi connectivity index (χ1) is 9.69. The van der Waals surface area contributed by atoms with Crippen LogP contribution in [0.2, 0.25) is 0 Å². The number of rotatable bonds is 1. The SMILES string of the molecule is Cc1cnc(C(=O)N2CCC3(CCCCC3)CC2)cn1. The molecule has 0 N–H and O–H groups in total. The van der Waals surface area contributed by atoms with Crippen LogP contribution in [-0.4, -0.2) is 33.9 Å². The highest BCUT2D eigenvalue weighted by molar-refractivity contribution is 5.92. The van der Waals surface area contributed by atoms with Crippen LogP contribution in [0.5, 0.6) is 0 Å². The molecular weight excluding hydrogens is 250 g/mol. The van der Waals surface area contributed by atoms with Crippen molar-refractivity contribution < 1.29 is 4.79 Å². The highest BCUT2D eigenvalue weighted by Crippen LogP contribution is 2.44. The zero-order valence-electron chi connectivity index (χ0n) is 12.3. The number of aryl methyl sites for hydroxylation is 1. The van der Waals surface area contributed by atoms with E-state index in [2.05, 4.69) is 9.97 Å². The van der Waals surface area contributed by atoms with E-state index in [1.807, 2.05) is 11.8 Å². The van der Waals surface area contributed by atoms with E-state index in [9.17, 15) is 4.79 Å². The summed E-state index contributed by atoms with van der Waals surface area (Å²) in [6.07, 6.45) is 12.5. The summed E-state index contributed by atoms with van der Waals surface area (Å²) in [6.45, 7) is 3.65. The Hall–Kier alpha value is -1.45. The van der Waals surface area contributed by atoms with Crippen molar-refractivity contribution in [3.8, 4) is 0 Å². The number of likely N-dealkylation sites (tertiary alicyclic amines) is 1. The topological polar surface area (TPSA) is 46.1 Å². The molecule has 1 aliphatic heterocycles. The molecule has 2 heterocycles. The van der Waals surface area contributed by atoms with Gasteiger partial charge in [-0.1, -0.05) is 19.3 Å². The van der Waals surface area contributed by atoms with Gasteiger partial charge in [-0.15, -0.1) is 0 Å². The van der Waals surface area contributed by atoms with E-state index >= 15 is 0 Å². The molecule has 0 radical (unpaired) electrons. The lowest BCUT2D eigenvalue weighted by molar-refractivity contribution is 0.0467. The van der Waals surface area contributed by atoms with Gasteiger partial charge in [-0.2, -0.15) is 0 Å². The largest absolute Gasteiger partial charge is 0.337 e. The lowest BCUT2D eigenvalue weighted by atomic mass is 9.68. The molecule has 2 fully saturated rings. The first-order valence-corrected chi connectivity index (χ1v) is 7.77. The Morgan fingerprint density at radius 2 is 1.75 bits per heavy atom. The molecule has 4 nitrogen and oxygen atoms in total. The third-order valence-electron chi connectivity index (χ3n) is 5.03. The van der Waals surface area contributed by atoms with Crippen molar-refractivity contribution in [3.63, 3.8) is 0 Å². The number of nitrogens with zero attached hydrogens (tertiary/aromatic N) is 3. The average molecular weight is 273 g/mol. The smallest absolute Gasteiger partial charge is 0.274 e. The first-order valence-electron chi connectivity index (χ1n) is 7.77. The molecule has 3 rings (SSSR count). The van der Waals surface area contributed by atoms with Crippen LogP contribution in [0.3, 0.4) is 0 Å². The summed E-state index contributed by atoms with van der Waals surface area (Å²) in [5, 5.41) is 0. The fraction of sp³-hybridized carbons (Fsp3) is 0.688. The van der Waals surface area contributed by atoms with Gasteiger partial charge in [0.25, 0.3) is 5.91 Å². The summed E-state index contributed by atoms with van der Waals surface area (Å²) in [5.74, 6) is 0.0446. The minimum atomic E-state index is 0.0446. The van der Waals surface area contributed by atoms with Crippen molar-refractivity contribution in [2.75, 3.05) is 13.1 Å². The molecule has 1 saturated carbocycles. The predicted molar refractivity (Wildman–Crippen MR) is 77.4 cm³/mol. The van der Waals surface area contributed by atoms with E-state index in [0.717, 1.165) is 31.6 Å². The zero-order valence-corrected chi connectivity index (χ0v) is 12.3. The van der Waals surface area contributed by atoms with Crippen molar-refractivity contribution in [1.82, 2.24) is 14.9 Å². The normalized spacial score (nSPS) is 21.9. The summed E-state index contributed by atoms with van der Waals surface area (Å²) in [5.41, 5.74) is 1.87. The molecule has 2 aliphatic rings. The Balaban J connectivity index is 1.62. The lowest BCUT2D eigenvalue weighted by Crippen LogP contribution is -2.44. The molecule has 1 aliphatic carbocycles. The molecule has 1 spiro atoms. The molecule has 0 unspecified atom stereocenters. The van der Waals surface area contributed by atoms with E-state index in [1.165, 1.54) is 32.1 Å². The van der Waals surface area contributed by atoms with Gasteiger partial charge in [0.05, 0.1) is 11.9 Å². The van der Waals surface area contributed by atoms with Crippen LogP contribution in [0.25, 0.3) is 0 Å². The van der Waals surface area contributed by atoms with Crippen LogP contribution < -0.4 is 0 Å². The Morgan fingerprint density at radius 1 is 1.05 bits per heavy atom. The second-order valence-corrected chi connectivity index (χ2v) is 6.40. The molecule has 1 amide bonds. The van der Waals surface area contributed by atoms with Crippen LogP contribution >= 0.6 is 0 Å². The number of aromatic nitrogens is 2. The third kappa shape index (κ3) is 2.69. The Bertz CT molecular complexity index is 467. The molecule has 20 heavy (non-hydrogen) atoms. The minimum Gasteiger partial charge on any atom is -0.337 e. The van der Waals surface area contributed by atoms with E-state index < -0.39 is 0 Å². The fourth-order valence-electron chi connectivity index (χ4n) is 3.65. The lowest BCUT2D eigenvalue weighted by Gasteiger charge is -2.44. The number of amides is 1. The molecule has 0 bridgehead atoms. The summed E-state index contributed by atoms with van der Waals surface area (Å²) in [6, 6.07) is 0. The summed E-state index contributed by atoms with van der Waals surface area (Å²) >= 11 is 0. The van der Waals surface area contributed by atoms with Crippen molar-refractivity contribution in [2.45, 2.75) is 51.9 Å². The number of piperidine rings is 1. The van der Waals surface area contributed by atoms with E-state index in [-0.39, 0.29) is 5.91 Å². The molecule has 1 saturated heterocycles. The van der Waals surface area contributed by atoms with Gasteiger partial charge in [-0.3, -0.25) is 9.78 Å². The first kappa shape index (κ1) is 13.5. The molecule has 0 aromatic carbocycles. The number of carbonyl (C=O) groups excluding carboxylic acids is 1. The molecule has 4 heteroatoms. The summed E-state index contributed by atoms with van der Waals surface area (Å²) in [7, 11) is 0. The maximum Gasteiger partial charge on any atom is 0.274 e. The standard InChI is InChI=1S/C16H23N3O/c1-13-11-18-14(12-17-13)15(20)19-9-7-16(8-10-19)5-3-2-4-6-16/h11-12H,2-10H2,1H3. The number of carbonyl (C=O) groups is 1. The van der Waals surface area contributed by atoms with Crippen LogP contribution in [0.1, 0.15) is 61.1 Å². The van der Waals surface area contributed by atoms with Gasteiger partial charge in [0, 0.05) is 19.3 Å². The zero-order chi connectivity index (χ0) is 14.0. The van der Waals surface area contributed by atoms with Gasteiger partial charge in [0.1, 0.15) is 5.69 Å². The van der Waals surface area contributed by atoms with Gasteiger partial charge in [-0.05, 0) is 38.0 Å². The third-order valence-corrected chi connectivity index (χ3v) is 5.03. The van der Waals surface area contributed by atoms with Crippen LogP contribution in [0, 0.1) is 12.3 Å². The fourth-order valence-corrected chi connectivity index (χ4v) is 3.65. The maximum absolute atomic E-state index is 12.4. The Morgan fingerprint density at radius 3 is 2.35 bits per heavy atom. The highest BCUT2D eigenvalue weighted by Gasteiger charge is 2.36. The summed E-state index contributed by atoms with van der Waals surface area (Å²) < 4.78 is 0. The highest BCUT2D eigenvalue weighted by atomic mass is 16.2. The van der Waals surface area contributed by atoms with Gasteiger partial charge in [0.15, 0.2) is 0 Å². The van der Waals surface area contributed by atoms with Crippen LogP contribution in [-0.2, 0) is 0 Å². The van der Waals surface area contributed by atoms with Crippen molar-refractivity contribution in [2.24, 2.45) is 5.41 Å². The van der Waals surface area contributed by atoms with Crippen molar-refractivity contribution >= 4 is 5.91 Å². The minimum absolute atomic E-state index is 0.0446. The second kappa shape index (κ2) is 5.51. The predicted octanol–water partition coefficient (Wildman–Crippen LogP) is 2.97. The van der Waals surface area contributed by atoms with Crippen molar-refractivity contribution in [1.29, 1.82) is 0 Å². The van der Waals surface area contributed by atoms with Gasteiger partial charge >= 0.3 is 0 Å². The van der Waals surface area contributed by atoms with E-state index in [0.29, 0.717) is 11.1 Å². The quantitative estimate of drug-likeness (QED) is 0.790. The van der Waals surface area contributed by atoms with E-state index in [4.69, 9.17) is 0 Å². The van der Waals surface area contributed by atoms with E-state index in [1.54, 1.807) is 12.4 Å². The number of hydrogen-bond acceptors (Lipinski definition) is 3. The molecular formula is C16H23N3O. The van der Waals surface area contributed by atoms with Gasteiger partial charge in [0.2, 0.25) is 0 Å². The molecule has 1 aromatic rings. The summed E-state index contributed by atoms with van der Waals surface area (Å²) in [4.78, 5) is 22.7. The van der Waals surface area contributed by atoms with Gasteiger partial charge < -0.3 is 4.90 Å². The maximum atomic E-state index is 12.4. The van der Waals surface area contributed by atoms with Crippen LogP contribution in [0.15, 0.2) is 12.4 Å². The second-order valence-electron chi connectivity index (χ2n) is 6.40. The Kier molecular flexibility index (Phi) is 3.72. The average Bonchev–Trinajstić information content (AvgIpc) is 2.49. The molecule has 0 atom stereocenters. The number of hydrogen-bond donors (Lipinski definition) is 0. The van der Waals surface area contributed by atoms with Gasteiger partial charge in [-0.25, -0.2) is 4.98 Å². The van der Waals surface area contributed by atoms with Crippen molar-refractivity contribution in [3.05, 3.63) is 23.8 Å². The van der Waals surface area contributed by atoms with Crippen LogP contribution in [0.4, 0.5) is 0 Å².